The van der Waals surface area contributed by atoms with Gasteiger partial charge in [0.15, 0.2) is 0 Å². The number of rotatable bonds is 6. The van der Waals surface area contributed by atoms with E-state index in [1.807, 2.05) is 25.2 Å². The van der Waals surface area contributed by atoms with Gasteiger partial charge >= 0.3 is 0 Å². The summed E-state index contributed by atoms with van der Waals surface area (Å²) in [4.78, 5) is 20.4. The number of hydrogen-bond donors (Lipinski definition) is 0. The van der Waals surface area contributed by atoms with Crippen molar-refractivity contribution in [3.63, 3.8) is 0 Å². The number of hydrogen-bond acceptors (Lipinski definition) is 5. The van der Waals surface area contributed by atoms with E-state index in [-0.39, 0.29) is 0 Å². The molecule has 170 valence electrons. The average molecular weight is 427 g/mol. The zero-order chi connectivity index (χ0) is 24.4. The third-order valence-corrected chi connectivity index (χ3v) is 4.52. The molecular weight excluding hydrogens is 392 g/mol. The molecule has 0 aromatic heterocycles. The van der Waals surface area contributed by atoms with E-state index in [1.165, 1.54) is 16.7 Å². The van der Waals surface area contributed by atoms with Crippen molar-refractivity contribution < 1.29 is 24.5 Å². The molecule has 0 aliphatic rings. The van der Waals surface area contributed by atoms with Crippen LogP contribution >= 0.6 is 0 Å². The van der Waals surface area contributed by atoms with Gasteiger partial charge in [-0.25, -0.2) is 0 Å². The first-order valence-electron chi connectivity index (χ1n) is 9.99. The highest BCUT2D eigenvalue weighted by Crippen LogP contribution is 2.28. The number of aryl methyl sites for hydroxylation is 1. The van der Waals surface area contributed by atoms with Crippen molar-refractivity contribution in [2.75, 3.05) is 7.11 Å². The number of benzene rings is 1. The molecule has 0 aliphatic carbocycles. The van der Waals surface area contributed by atoms with Crippen molar-refractivity contribution in [1.82, 2.24) is 0 Å². The van der Waals surface area contributed by atoms with Gasteiger partial charge in [-0.15, -0.1) is 0 Å². The lowest BCUT2D eigenvalue weighted by molar-refractivity contribution is -0.316. The van der Waals surface area contributed by atoms with Crippen LogP contribution in [0.25, 0.3) is 6.08 Å². The molecule has 0 heterocycles. The van der Waals surface area contributed by atoms with Gasteiger partial charge in [-0.1, -0.05) is 56.7 Å². The molecule has 0 fully saturated rings. The fraction of sp³-hybridized carbons (Fsp3) is 0.385. The number of ether oxygens (including phenoxy) is 1. The van der Waals surface area contributed by atoms with E-state index in [9.17, 15) is 19.8 Å². The number of carboxylic acid groups (broad SMARTS) is 2. The van der Waals surface area contributed by atoms with Crippen LogP contribution in [0.1, 0.15) is 56.9 Å². The van der Waals surface area contributed by atoms with Crippen LogP contribution in [0, 0.1) is 26.2 Å². The predicted octanol–water partition coefficient (Wildman–Crippen LogP) is 3.61. The molecule has 0 saturated heterocycles. The van der Waals surface area contributed by atoms with Crippen LogP contribution in [0.3, 0.4) is 0 Å². The second-order valence-corrected chi connectivity index (χ2v) is 8.41. The molecule has 0 bridgehead atoms. The van der Waals surface area contributed by atoms with Gasteiger partial charge in [-0.3, -0.25) is 0 Å². The Bertz CT molecular complexity index is 907. The van der Waals surface area contributed by atoms with Crippen LogP contribution in [0.2, 0.25) is 0 Å². The van der Waals surface area contributed by atoms with Crippen molar-refractivity contribution in [2.24, 2.45) is 5.41 Å². The average Bonchev–Trinajstić information content (AvgIpc) is 2.63. The minimum absolute atomic E-state index is 0.639. The van der Waals surface area contributed by atoms with E-state index in [0.717, 1.165) is 23.0 Å². The summed E-state index contributed by atoms with van der Waals surface area (Å²) in [7, 11) is 1.69. The molecule has 0 unspecified atom stereocenters. The van der Waals surface area contributed by atoms with Gasteiger partial charge in [0.05, 0.1) is 13.1 Å². The second kappa shape index (κ2) is 12.6. The zero-order valence-corrected chi connectivity index (χ0v) is 20.1. The summed E-state index contributed by atoms with van der Waals surface area (Å²) < 4.78 is 5.39. The van der Waals surface area contributed by atoms with Crippen LogP contribution < -0.4 is 14.9 Å². The Hall–Kier alpha value is -3.08. The standard InChI is InChI=1S/C21H26O3.C5H10O2/c1-14(8-7-9-15(2)12-21(22)23)10-11-19-16(3)13-20(24-6)18(5)17(19)4;1-5(2,3)4(6)7/h7-13H,1-6H3,(H,22,23);1-3H3,(H,6,7)/p-2/b9-7+,11-10+,14-8+,15-12+;. The molecule has 0 radical (unpaired) electrons. The van der Waals surface area contributed by atoms with Crippen LogP contribution in [-0.2, 0) is 9.59 Å². The SMILES string of the molecule is CC(C)(C)C(=O)[O-].COc1cc(C)c(/C=C/C(C)=C/C=C/C(C)=C/C(=O)[O-])c(C)c1C. The summed E-state index contributed by atoms with van der Waals surface area (Å²) in [6.07, 6.45) is 10.7. The lowest BCUT2D eigenvalue weighted by atomic mass is 9.96. The van der Waals surface area contributed by atoms with Crippen molar-refractivity contribution in [1.29, 1.82) is 0 Å². The quantitative estimate of drug-likeness (QED) is 0.512. The molecule has 0 amide bonds. The van der Waals surface area contributed by atoms with Gasteiger partial charge in [0.2, 0.25) is 0 Å². The smallest absolute Gasteiger partial charge is 0.122 e. The summed E-state index contributed by atoms with van der Waals surface area (Å²) in [6.45, 7) is 14.7. The normalized spacial score (nSPS) is 12.7. The number of carboxylic acids is 2. The highest BCUT2D eigenvalue weighted by molar-refractivity contribution is 5.79. The fourth-order valence-corrected chi connectivity index (χ4v) is 2.39. The Labute approximate surface area is 186 Å². The van der Waals surface area contributed by atoms with E-state index in [2.05, 4.69) is 32.9 Å². The fourth-order valence-electron chi connectivity index (χ4n) is 2.39. The molecule has 1 rings (SSSR count). The number of carbonyl (C=O) groups excluding carboxylic acids is 2. The third-order valence-electron chi connectivity index (χ3n) is 4.52. The first kappa shape index (κ1) is 27.9. The van der Waals surface area contributed by atoms with E-state index < -0.39 is 17.4 Å². The minimum Gasteiger partial charge on any atom is -0.550 e. The topological polar surface area (TPSA) is 89.5 Å². The molecule has 1 aromatic carbocycles. The molecule has 0 N–H and O–H groups in total. The van der Waals surface area contributed by atoms with Gasteiger partial charge in [-0.2, -0.15) is 0 Å². The molecule has 0 aliphatic heterocycles. The molecule has 0 atom stereocenters. The molecule has 0 spiro atoms. The summed E-state index contributed by atoms with van der Waals surface area (Å²) in [5, 5.41) is 20.4. The van der Waals surface area contributed by atoms with E-state index in [1.54, 1.807) is 40.9 Å². The largest absolute Gasteiger partial charge is 0.550 e. The summed E-state index contributed by atoms with van der Waals surface area (Å²) in [6, 6.07) is 2.05. The molecular formula is C26H34O5-2. The van der Waals surface area contributed by atoms with Gasteiger partial charge in [0, 0.05) is 11.4 Å². The first-order chi connectivity index (χ1) is 14.2. The minimum atomic E-state index is -1.18. The summed E-state index contributed by atoms with van der Waals surface area (Å²) >= 11 is 0. The lowest BCUT2D eigenvalue weighted by Gasteiger charge is -2.18. The van der Waals surface area contributed by atoms with Gasteiger partial charge < -0.3 is 24.5 Å². The van der Waals surface area contributed by atoms with Crippen LogP contribution in [0.5, 0.6) is 5.75 Å². The highest BCUT2D eigenvalue weighted by Gasteiger charge is 2.09. The number of carbonyl (C=O) groups is 2. The Morgan fingerprint density at radius 3 is 1.97 bits per heavy atom. The second-order valence-electron chi connectivity index (χ2n) is 8.41. The maximum absolute atomic E-state index is 10.4. The molecule has 5 heteroatoms. The molecule has 0 saturated carbocycles. The van der Waals surface area contributed by atoms with Crippen molar-refractivity contribution in [2.45, 2.75) is 55.4 Å². The van der Waals surface area contributed by atoms with Crippen LogP contribution in [0.4, 0.5) is 0 Å². The van der Waals surface area contributed by atoms with Gasteiger partial charge in [0.25, 0.3) is 0 Å². The van der Waals surface area contributed by atoms with E-state index in [0.29, 0.717) is 5.57 Å². The van der Waals surface area contributed by atoms with E-state index in [4.69, 9.17) is 4.74 Å². The first-order valence-corrected chi connectivity index (χ1v) is 9.99. The molecule has 5 nitrogen and oxygen atoms in total. The Kier molecular flexibility index (Phi) is 11.3. The summed E-state index contributed by atoms with van der Waals surface area (Å²) in [5.41, 5.74) is 5.73. The van der Waals surface area contributed by atoms with Crippen molar-refractivity contribution in [3.8, 4) is 5.75 Å². The number of allylic oxidation sites excluding steroid dienone is 6. The van der Waals surface area contributed by atoms with Crippen molar-refractivity contribution >= 4 is 18.0 Å². The molecule has 31 heavy (non-hydrogen) atoms. The highest BCUT2D eigenvalue weighted by atomic mass is 16.5. The Morgan fingerprint density at radius 2 is 1.52 bits per heavy atom. The number of aliphatic carboxylic acids is 2. The zero-order valence-electron chi connectivity index (χ0n) is 20.1. The van der Waals surface area contributed by atoms with Crippen LogP contribution in [-0.4, -0.2) is 19.0 Å². The Morgan fingerprint density at radius 1 is 0.968 bits per heavy atom. The number of methoxy groups -OCH3 is 1. The predicted molar refractivity (Wildman–Crippen MR) is 122 cm³/mol. The monoisotopic (exact) mass is 426 g/mol. The maximum Gasteiger partial charge on any atom is 0.122 e. The van der Waals surface area contributed by atoms with Crippen molar-refractivity contribution in [3.05, 3.63) is 69.8 Å². The Balaban J connectivity index is 0.00000110. The van der Waals surface area contributed by atoms with Gasteiger partial charge in [0.1, 0.15) is 5.75 Å². The van der Waals surface area contributed by atoms with E-state index >= 15 is 0 Å². The molecule has 1 aromatic rings. The van der Waals surface area contributed by atoms with Crippen LogP contribution in [0.15, 0.2) is 47.6 Å². The lowest BCUT2D eigenvalue weighted by Crippen LogP contribution is -2.35. The maximum atomic E-state index is 10.4. The third kappa shape index (κ3) is 10.5. The summed E-state index contributed by atoms with van der Waals surface area (Å²) in [5.74, 6) is -1.28. The van der Waals surface area contributed by atoms with Gasteiger partial charge in [-0.05, 0) is 74.6 Å².